The van der Waals surface area contributed by atoms with Crippen LogP contribution in [0.5, 0.6) is 5.75 Å². The summed E-state index contributed by atoms with van der Waals surface area (Å²) >= 11 is 3.50. The van der Waals surface area contributed by atoms with Crippen LogP contribution >= 0.6 is 15.9 Å². The fourth-order valence-corrected chi connectivity index (χ4v) is 2.44. The van der Waals surface area contributed by atoms with E-state index in [9.17, 15) is 0 Å². The smallest absolute Gasteiger partial charge is 0.124 e. The molecular formula is C14H19BrO2. The third-order valence-electron chi connectivity index (χ3n) is 2.96. The molecule has 1 fully saturated rings. The van der Waals surface area contributed by atoms with Crippen molar-refractivity contribution in [2.75, 3.05) is 13.2 Å². The van der Waals surface area contributed by atoms with E-state index in [1.54, 1.807) is 0 Å². The molecule has 0 bridgehead atoms. The Morgan fingerprint density at radius 2 is 2.35 bits per heavy atom. The van der Waals surface area contributed by atoms with E-state index in [4.69, 9.17) is 9.47 Å². The molecule has 2 rings (SSSR count). The lowest BCUT2D eigenvalue weighted by Crippen LogP contribution is -2.28. The molecule has 0 saturated carbocycles. The number of hydrogen-bond donors (Lipinski definition) is 0. The summed E-state index contributed by atoms with van der Waals surface area (Å²) in [6.45, 7) is 3.79. The van der Waals surface area contributed by atoms with E-state index in [2.05, 4.69) is 41.1 Å². The average molecular weight is 299 g/mol. The van der Waals surface area contributed by atoms with Crippen molar-refractivity contribution in [1.29, 1.82) is 0 Å². The standard InChI is InChI=1S/C14H19BrO2/c1-2-4-11-6-7-12(15)9-14(11)17-13-5-3-8-16-10-13/h6-7,9,13H,2-5,8,10H2,1H3/t13-/m0/s1. The Balaban J connectivity index is 2.08. The summed E-state index contributed by atoms with van der Waals surface area (Å²) in [4.78, 5) is 0. The van der Waals surface area contributed by atoms with Crippen LogP contribution in [0.3, 0.4) is 0 Å². The fourth-order valence-electron chi connectivity index (χ4n) is 2.10. The lowest BCUT2D eigenvalue weighted by atomic mass is 10.1. The number of aryl methyl sites for hydroxylation is 1. The van der Waals surface area contributed by atoms with E-state index in [-0.39, 0.29) is 6.10 Å². The molecular weight excluding hydrogens is 280 g/mol. The minimum Gasteiger partial charge on any atom is -0.488 e. The molecule has 17 heavy (non-hydrogen) atoms. The molecule has 0 amide bonds. The highest BCUT2D eigenvalue weighted by molar-refractivity contribution is 9.10. The first-order chi connectivity index (χ1) is 8.29. The van der Waals surface area contributed by atoms with Crippen molar-refractivity contribution >= 4 is 15.9 Å². The van der Waals surface area contributed by atoms with Crippen molar-refractivity contribution in [2.24, 2.45) is 0 Å². The Hall–Kier alpha value is -0.540. The molecule has 0 N–H and O–H groups in total. The zero-order chi connectivity index (χ0) is 12.1. The monoisotopic (exact) mass is 298 g/mol. The summed E-state index contributed by atoms with van der Waals surface area (Å²) in [5.41, 5.74) is 1.29. The summed E-state index contributed by atoms with van der Waals surface area (Å²) in [5, 5.41) is 0. The van der Waals surface area contributed by atoms with Gasteiger partial charge in [0, 0.05) is 11.1 Å². The molecule has 2 nitrogen and oxygen atoms in total. The fraction of sp³-hybridized carbons (Fsp3) is 0.571. The Kier molecular flexibility index (Phi) is 4.86. The van der Waals surface area contributed by atoms with E-state index in [0.29, 0.717) is 0 Å². The molecule has 1 aliphatic heterocycles. The molecule has 0 unspecified atom stereocenters. The van der Waals surface area contributed by atoms with E-state index in [0.717, 1.165) is 49.1 Å². The molecule has 1 saturated heterocycles. The minimum absolute atomic E-state index is 0.216. The van der Waals surface area contributed by atoms with Crippen LogP contribution < -0.4 is 4.74 Å². The second kappa shape index (κ2) is 6.41. The van der Waals surface area contributed by atoms with Gasteiger partial charge in [-0.3, -0.25) is 0 Å². The van der Waals surface area contributed by atoms with Crippen molar-refractivity contribution in [3.05, 3.63) is 28.2 Å². The Morgan fingerprint density at radius 1 is 1.47 bits per heavy atom. The van der Waals surface area contributed by atoms with Gasteiger partial charge in [-0.25, -0.2) is 0 Å². The molecule has 94 valence electrons. The van der Waals surface area contributed by atoms with Crippen LogP contribution in [0.25, 0.3) is 0 Å². The van der Waals surface area contributed by atoms with Gasteiger partial charge in [-0.2, -0.15) is 0 Å². The van der Waals surface area contributed by atoms with Gasteiger partial charge in [0.1, 0.15) is 11.9 Å². The first-order valence-corrected chi connectivity index (χ1v) is 7.11. The molecule has 0 radical (unpaired) electrons. The lowest BCUT2D eigenvalue weighted by molar-refractivity contribution is 0.00702. The van der Waals surface area contributed by atoms with Crippen LogP contribution in [0, 0.1) is 0 Å². The van der Waals surface area contributed by atoms with Gasteiger partial charge >= 0.3 is 0 Å². The molecule has 3 heteroatoms. The minimum atomic E-state index is 0.216. The van der Waals surface area contributed by atoms with Gasteiger partial charge in [0.25, 0.3) is 0 Å². The van der Waals surface area contributed by atoms with Crippen molar-refractivity contribution < 1.29 is 9.47 Å². The van der Waals surface area contributed by atoms with Crippen LogP contribution in [0.2, 0.25) is 0 Å². The normalized spacial score (nSPS) is 20.2. The molecule has 0 aliphatic carbocycles. The van der Waals surface area contributed by atoms with E-state index in [1.165, 1.54) is 5.56 Å². The highest BCUT2D eigenvalue weighted by atomic mass is 79.9. The SMILES string of the molecule is CCCc1ccc(Br)cc1O[C@H]1CCCOC1. The molecule has 1 aliphatic rings. The maximum Gasteiger partial charge on any atom is 0.124 e. The zero-order valence-corrected chi connectivity index (χ0v) is 11.8. The van der Waals surface area contributed by atoms with Crippen LogP contribution in [0.1, 0.15) is 31.7 Å². The Morgan fingerprint density at radius 3 is 3.06 bits per heavy atom. The lowest BCUT2D eigenvalue weighted by Gasteiger charge is -2.24. The van der Waals surface area contributed by atoms with Gasteiger partial charge in [0.2, 0.25) is 0 Å². The molecule has 0 spiro atoms. The van der Waals surface area contributed by atoms with Gasteiger partial charge in [-0.1, -0.05) is 35.3 Å². The van der Waals surface area contributed by atoms with Crippen LogP contribution in [-0.2, 0) is 11.2 Å². The Bertz CT molecular complexity index is 359. The summed E-state index contributed by atoms with van der Waals surface area (Å²) in [5.74, 6) is 1.01. The second-order valence-corrected chi connectivity index (χ2v) is 5.37. The van der Waals surface area contributed by atoms with Crippen molar-refractivity contribution in [1.82, 2.24) is 0 Å². The van der Waals surface area contributed by atoms with Gasteiger partial charge in [0.15, 0.2) is 0 Å². The predicted molar refractivity (Wildman–Crippen MR) is 72.6 cm³/mol. The molecule has 1 aromatic carbocycles. The van der Waals surface area contributed by atoms with Crippen molar-refractivity contribution in [3.63, 3.8) is 0 Å². The highest BCUT2D eigenvalue weighted by Crippen LogP contribution is 2.27. The van der Waals surface area contributed by atoms with Crippen molar-refractivity contribution in [2.45, 2.75) is 38.7 Å². The number of halogens is 1. The highest BCUT2D eigenvalue weighted by Gasteiger charge is 2.16. The number of benzene rings is 1. The maximum absolute atomic E-state index is 6.06. The van der Waals surface area contributed by atoms with Gasteiger partial charge < -0.3 is 9.47 Å². The van der Waals surface area contributed by atoms with E-state index >= 15 is 0 Å². The zero-order valence-electron chi connectivity index (χ0n) is 10.2. The van der Waals surface area contributed by atoms with E-state index < -0.39 is 0 Å². The topological polar surface area (TPSA) is 18.5 Å². The number of ether oxygens (including phenoxy) is 2. The quantitative estimate of drug-likeness (QED) is 0.838. The van der Waals surface area contributed by atoms with Gasteiger partial charge in [0.05, 0.1) is 6.61 Å². The molecule has 1 atom stereocenters. The average Bonchev–Trinajstić information content (AvgIpc) is 2.34. The van der Waals surface area contributed by atoms with Crippen LogP contribution in [-0.4, -0.2) is 19.3 Å². The van der Waals surface area contributed by atoms with Gasteiger partial charge in [-0.15, -0.1) is 0 Å². The van der Waals surface area contributed by atoms with Gasteiger partial charge in [-0.05, 0) is 37.0 Å². The second-order valence-electron chi connectivity index (χ2n) is 4.46. The summed E-state index contributed by atoms with van der Waals surface area (Å²) in [6.07, 6.45) is 4.61. The van der Waals surface area contributed by atoms with Crippen molar-refractivity contribution in [3.8, 4) is 5.75 Å². The third-order valence-corrected chi connectivity index (χ3v) is 3.45. The first kappa shape index (κ1) is 12.9. The summed E-state index contributed by atoms with van der Waals surface area (Å²) in [6, 6.07) is 6.29. The Labute approximate surface area is 111 Å². The summed E-state index contributed by atoms with van der Waals surface area (Å²) in [7, 11) is 0. The number of rotatable bonds is 4. The molecule has 0 aromatic heterocycles. The molecule has 1 heterocycles. The largest absolute Gasteiger partial charge is 0.488 e. The third kappa shape index (κ3) is 3.71. The van der Waals surface area contributed by atoms with Crippen LogP contribution in [0.4, 0.5) is 0 Å². The van der Waals surface area contributed by atoms with E-state index in [1.807, 2.05) is 0 Å². The summed E-state index contributed by atoms with van der Waals surface area (Å²) < 4.78 is 12.6. The maximum atomic E-state index is 6.06. The molecule has 1 aromatic rings. The van der Waals surface area contributed by atoms with Crippen LogP contribution in [0.15, 0.2) is 22.7 Å². The first-order valence-electron chi connectivity index (χ1n) is 6.32. The number of hydrogen-bond acceptors (Lipinski definition) is 2. The predicted octanol–water partition coefficient (Wildman–Crippen LogP) is 3.96.